The molecule has 1 fully saturated rings. The molecular weight excluding hydrogens is 297 g/mol. The van der Waals surface area contributed by atoms with E-state index in [0.717, 1.165) is 41.3 Å². The predicted octanol–water partition coefficient (Wildman–Crippen LogP) is 2.03. The number of aromatic nitrogens is 1. The van der Waals surface area contributed by atoms with Crippen LogP contribution in [0.5, 0.6) is 0 Å². The van der Waals surface area contributed by atoms with Crippen molar-refractivity contribution < 1.29 is 13.2 Å². The van der Waals surface area contributed by atoms with Crippen LogP contribution in [-0.2, 0) is 12.7 Å². The molecule has 0 unspecified atom stereocenters. The van der Waals surface area contributed by atoms with E-state index in [1.807, 2.05) is 16.7 Å². The molecule has 9 heteroatoms. The molecule has 0 aromatic carbocycles. The average Bonchev–Trinajstić information content (AvgIpc) is 2.86. The lowest BCUT2D eigenvalue weighted by Gasteiger charge is -2.27. The summed E-state index contributed by atoms with van der Waals surface area (Å²) in [5, 5.41) is 1.32. The Hall–Kier alpha value is -0.960. The summed E-state index contributed by atoms with van der Waals surface area (Å²) >= 11 is 2.80. The van der Waals surface area contributed by atoms with Crippen LogP contribution in [0.1, 0.15) is 10.7 Å². The van der Waals surface area contributed by atoms with E-state index in [1.165, 1.54) is 0 Å². The van der Waals surface area contributed by atoms with E-state index in [0.29, 0.717) is 11.0 Å². The van der Waals surface area contributed by atoms with Crippen LogP contribution < -0.4 is 5.73 Å². The van der Waals surface area contributed by atoms with Crippen LogP contribution >= 0.6 is 23.1 Å². The van der Waals surface area contributed by atoms with E-state index < -0.39 is 11.9 Å². The number of alkyl halides is 3. The van der Waals surface area contributed by atoms with Crippen LogP contribution in [0.25, 0.3) is 0 Å². The van der Waals surface area contributed by atoms with Gasteiger partial charge in [-0.2, -0.15) is 24.9 Å². The molecule has 1 saturated heterocycles. The number of hydrogen-bond acceptors (Lipinski definition) is 4. The third kappa shape index (κ3) is 4.00. The maximum Gasteiger partial charge on any atom is 0.434 e. The van der Waals surface area contributed by atoms with Crippen molar-refractivity contribution in [2.45, 2.75) is 12.7 Å². The van der Waals surface area contributed by atoms with E-state index in [-0.39, 0.29) is 6.54 Å². The van der Waals surface area contributed by atoms with E-state index in [4.69, 9.17) is 5.73 Å². The molecule has 1 aromatic heterocycles. The summed E-state index contributed by atoms with van der Waals surface area (Å²) in [4.78, 5) is 9.55. The summed E-state index contributed by atoms with van der Waals surface area (Å²) in [6.07, 6.45) is -4.39. The minimum absolute atomic E-state index is 0.0935. The highest BCUT2D eigenvalue weighted by Crippen LogP contribution is 2.30. The number of nitrogens with zero attached hydrogens (tertiary/aromatic N) is 3. The first kappa shape index (κ1) is 14.4. The molecule has 0 atom stereocenters. The maximum atomic E-state index is 12.4. The SMILES string of the molecule is NC(=NCc1nc(C(F)(F)F)cs1)N1CCSCC1. The van der Waals surface area contributed by atoms with Crippen LogP contribution in [-0.4, -0.2) is 40.4 Å². The van der Waals surface area contributed by atoms with E-state index in [9.17, 15) is 13.2 Å². The summed E-state index contributed by atoms with van der Waals surface area (Å²) in [6, 6.07) is 0. The van der Waals surface area contributed by atoms with Crippen LogP contribution in [0, 0.1) is 0 Å². The Morgan fingerprint density at radius 2 is 2.11 bits per heavy atom. The van der Waals surface area contributed by atoms with Crippen LogP contribution in [0.3, 0.4) is 0 Å². The van der Waals surface area contributed by atoms with Crippen LogP contribution in [0.2, 0.25) is 0 Å². The fourth-order valence-corrected chi connectivity index (χ4v) is 3.18. The van der Waals surface area contributed by atoms with E-state index >= 15 is 0 Å². The van der Waals surface area contributed by atoms with Crippen molar-refractivity contribution in [3.05, 3.63) is 16.1 Å². The molecule has 0 amide bonds. The number of guanidine groups is 1. The Kier molecular flexibility index (Phi) is 4.56. The highest BCUT2D eigenvalue weighted by atomic mass is 32.2. The zero-order valence-electron chi connectivity index (χ0n) is 9.98. The average molecular weight is 310 g/mol. The molecule has 1 aromatic rings. The number of thiazole rings is 1. The van der Waals surface area contributed by atoms with Gasteiger partial charge in [0.25, 0.3) is 0 Å². The molecule has 2 N–H and O–H groups in total. The second-order valence-corrected chi connectivity index (χ2v) is 6.07. The third-order valence-corrected chi connectivity index (χ3v) is 4.33. The zero-order chi connectivity index (χ0) is 13.9. The van der Waals surface area contributed by atoms with Crippen LogP contribution in [0.15, 0.2) is 10.4 Å². The molecule has 106 valence electrons. The number of nitrogens with two attached hydrogens (primary N) is 1. The van der Waals surface area contributed by atoms with Crippen molar-refractivity contribution >= 4 is 29.1 Å². The molecule has 1 aliphatic rings. The van der Waals surface area contributed by atoms with Gasteiger partial charge in [-0.25, -0.2) is 9.98 Å². The topological polar surface area (TPSA) is 54.5 Å². The molecule has 4 nitrogen and oxygen atoms in total. The van der Waals surface area contributed by atoms with Gasteiger partial charge in [-0.3, -0.25) is 0 Å². The van der Waals surface area contributed by atoms with Gasteiger partial charge in [0.1, 0.15) is 5.01 Å². The Morgan fingerprint density at radius 3 is 2.68 bits per heavy atom. The molecule has 0 bridgehead atoms. The molecular formula is C10H13F3N4S2. The lowest BCUT2D eigenvalue weighted by molar-refractivity contribution is -0.140. The minimum Gasteiger partial charge on any atom is -0.370 e. The van der Waals surface area contributed by atoms with Crippen molar-refractivity contribution in [1.82, 2.24) is 9.88 Å². The molecule has 0 saturated carbocycles. The molecule has 19 heavy (non-hydrogen) atoms. The smallest absolute Gasteiger partial charge is 0.370 e. The maximum absolute atomic E-state index is 12.4. The van der Waals surface area contributed by atoms with Gasteiger partial charge in [-0.1, -0.05) is 0 Å². The van der Waals surface area contributed by atoms with Crippen molar-refractivity contribution in [2.75, 3.05) is 24.6 Å². The van der Waals surface area contributed by atoms with Gasteiger partial charge < -0.3 is 10.6 Å². The fourth-order valence-electron chi connectivity index (χ4n) is 1.55. The number of rotatable bonds is 2. The summed E-state index contributed by atoms with van der Waals surface area (Å²) in [5.74, 6) is 2.36. The summed E-state index contributed by atoms with van der Waals surface area (Å²) in [6.45, 7) is 1.74. The molecule has 2 rings (SSSR count). The van der Waals surface area contributed by atoms with Crippen LogP contribution in [0.4, 0.5) is 13.2 Å². The zero-order valence-corrected chi connectivity index (χ0v) is 11.6. The van der Waals surface area contributed by atoms with Gasteiger partial charge in [0.2, 0.25) is 0 Å². The monoisotopic (exact) mass is 310 g/mol. The Balaban J connectivity index is 1.95. The summed E-state index contributed by atoms with van der Waals surface area (Å²) in [5.41, 5.74) is 4.95. The molecule has 0 spiro atoms. The molecule has 2 heterocycles. The molecule has 1 aliphatic heterocycles. The lowest BCUT2D eigenvalue weighted by Crippen LogP contribution is -2.42. The first-order valence-corrected chi connectivity index (χ1v) is 7.64. The predicted molar refractivity (Wildman–Crippen MR) is 71.3 cm³/mol. The highest BCUT2D eigenvalue weighted by Gasteiger charge is 2.33. The largest absolute Gasteiger partial charge is 0.434 e. The van der Waals surface area contributed by atoms with Gasteiger partial charge in [-0.15, -0.1) is 11.3 Å². The van der Waals surface area contributed by atoms with Gasteiger partial charge in [-0.05, 0) is 0 Å². The highest BCUT2D eigenvalue weighted by molar-refractivity contribution is 7.99. The first-order chi connectivity index (χ1) is 8.97. The number of hydrogen-bond donors (Lipinski definition) is 1. The van der Waals surface area contributed by atoms with Gasteiger partial charge in [0.15, 0.2) is 11.7 Å². The van der Waals surface area contributed by atoms with Crippen molar-refractivity contribution in [3.8, 4) is 0 Å². The van der Waals surface area contributed by atoms with E-state index in [2.05, 4.69) is 9.98 Å². The first-order valence-electron chi connectivity index (χ1n) is 5.61. The quantitative estimate of drug-likeness (QED) is 0.671. The third-order valence-electron chi connectivity index (χ3n) is 2.55. The summed E-state index contributed by atoms with van der Waals surface area (Å²) < 4.78 is 37.1. The molecule has 0 aliphatic carbocycles. The second-order valence-electron chi connectivity index (χ2n) is 3.90. The number of thioether (sulfide) groups is 1. The van der Waals surface area contributed by atoms with Crippen molar-refractivity contribution in [3.63, 3.8) is 0 Å². The summed E-state index contributed by atoms with van der Waals surface area (Å²) in [7, 11) is 0. The van der Waals surface area contributed by atoms with Crippen molar-refractivity contribution in [2.24, 2.45) is 10.7 Å². The second kappa shape index (κ2) is 6.00. The van der Waals surface area contributed by atoms with Gasteiger partial charge >= 0.3 is 6.18 Å². The Morgan fingerprint density at radius 1 is 1.42 bits per heavy atom. The normalized spacial score (nSPS) is 17.8. The van der Waals surface area contributed by atoms with Gasteiger partial charge in [0.05, 0.1) is 6.54 Å². The van der Waals surface area contributed by atoms with E-state index in [1.54, 1.807) is 0 Å². The number of aliphatic imine (C=N–C) groups is 1. The standard InChI is InChI=1S/C10H13F3N4S2/c11-10(12,13)7-6-19-8(16-7)5-15-9(14)17-1-3-18-4-2-17/h6H,1-5H2,(H2,14,15). The molecule has 0 radical (unpaired) electrons. The minimum atomic E-state index is -4.39. The fraction of sp³-hybridized carbons (Fsp3) is 0.600. The number of halogens is 3. The van der Waals surface area contributed by atoms with Crippen molar-refractivity contribution in [1.29, 1.82) is 0 Å². The van der Waals surface area contributed by atoms with Gasteiger partial charge in [0, 0.05) is 30.0 Å². The Bertz CT molecular complexity index is 452. The Labute approximate surface area is 116 Å². The lowest BCUT2D eigenvalue weighted by atomic mass is 10.5.